The maximum absolute atomic E-state index is 9.60. The molecule has 0 aromatic rings. The van der Waals surface area contributed by atoms with Gasteiger partial charge in [0.1, 0.15) is 0 Å². The molecule has 0 saturated heterocycles. The summed E-state index contributed by atoms with van der Waals surface area (Å²) in [6.07, 6.45) is 4.56. The summed E-state index contributed by atoms with van der Waals surface area (Å²) in [5, 5.41) is 9.60. The van der Waals surface area contributed by atoms with Gasteiger partial charge in [0.15, 0.2) is 0 Å². The summed E-state index contributed by atoms with van der Waals surface area (Å²) >= 11 is 0. The van der Waals surface area contributed by atoms with Gasteiger partial charge in [0.2, 0.25) is 0 Å². The molecule has 0 rings (SSSR count). The second kappa shape index (κ2) is 3.77. The van der Waals surface area contributed by atoms with E-state index in [1.807, 2.05) is 26.0 Å². The molecule has 1 unspecified atom stereocenters. The van der Waals surface area contributed by atoms with Crippen molar-refractivity contribution in [2.75, 3.05) is 0 Å². The summed E-state index contributed by atoms with van der Waals surface area (Å²) in [6.45, 7) is 7.98. The summed E-state index contributed by atoms with van der Waals surface area (Å²) in [7, 11) is 0. The van der Waals surface area contributed by atoms with Crippen molar-refractivity contribution in [2.24, 2.45) is 5.92 Å². The molecule has 0 amide bonds. The Kier molecular flexibility index (Phi) is 3.66. The van der Waals surface area contributed by atoms with Crippen molar-refractivity contribution in [3.63, 3.8) is 0 Å². The van der Waals surface area contributed by atoms with Gasteiger partial charge in [-0.1, -0.05) is 26.0 Å². The molecule has 1 atom stereocenters. The van der Waals surface area contributed by atoms with Gasteiger partial charge in [0.05, 0.1) is 5.60 Å². The van der Waals surface area contributed by atoms with Crippen molar-refractivity contribution in [3.8, 4) is 0 Å². The predicted molar refractivity (Wildman–Crippen MR) is 44.9 cm³/mol. The van der Waals surface area contributed by atoms with Crippen molar-refractivity contribution in [2.45, 2.75) is 39.7 Å². The molecule has 10 heavy (non-hydrogen) atoms. The zero-order valence-electron chi connectivity index (χ0n) is 7.39. The van der Waals surface area contributed by atoms with Gasteiger partial charge >= 0.3 is 0 Å². The Labute approximate surface area is 63.8 Å². The first-order valence-corrected chi connectivity index (χ1v) is 3.84. The van der Waals surface area contributed by atoms with Crippen molar-refractivity contribution in [3.05, 3.63) is 12.2 Å². The summed E-state index contributed by atoms with van der Waals surface area (Å²) in [4.78, 5) is 0. The molecular weight excluding hydrogens is 124 g/mol. The van der Waals surface area contributed by atoms with E-state index >= 15 is 0 Å². The number of aliphatic hydroxyl groups is 1. The lowest BCUT2D eigenvalue weighted by atomic mass is 9.94. The first-order chi connectivity index (χ1) is 4.48. The molecule has 0 aromatic carbocycles. The number of allylic oxidation sites excluding steroid dienone is 1. The van der Waals surface area contributed by atoms with Crippen molar-refractivity contribution in [1.29, 1.82) is 0 Å². The van der Waals surface area contributed by atoms with E-state index in [1.54, 1.807) is 0 Å². The molecule has 0 aliphatic carbocycles. The summed E-state index contributed by atoms with van der Waals surface area (Å²) in [5.41, 5.74) is -0.608. The van der Waals surface area contributed by atoms with Gasteiger partial charge in [-0.05, 0) is 26.2 Å². The van der Waals surface area contributed by atoms with Crippen LogP contribution in [0.3, 0.4) is 0 Å². The smallest absolute Gasteiger partial charge is 0.0802 e. The number of rotatable bonds is 3. The highest BCUT2D eigenvalue weighted by atomic mass is 16.3. The van der Waals surface area contributed by atoms with Gasteiger partial charge < -0.3 is 5.11 Å². The van der Waals surface area contributed by atoms with Crippen LogP contribution in [0.4, 0.5) is 0 Å². The van der Waals surface area contributed by atoms with Gasteiger partial charge in [0, 0.05) is 0 Å². The summed E-state index contributed by atoms with van der Waals surface area (Å²) in [6, 6.07) is 0. The van der Waals surface area contributed by atoms with Gasteiger partial charge in [-0.3, -0.25) is 0 Å². The highest BCUT2D eigenvalue weighted by molar-refractivity contribution is 4.96. The van der Waals surface area contributed by atoms with E-state index in [1.165, 1.54) is 0 Å². The van der Waals surface area contributed by atoms with Gasteiger partial charge in [-0.15, -0.1) is 0 Å². The molecule has 0 aromatic heterocycles. The van der Waals surface area contributed by atoms with Crippen LogP contribution in [0.1, 0.15) is 34.1 Å². The quantitative estimate of drug-likeness (QED) is 0.600. The average Bonchev–Trinajstić information content (AvgIpc) is 1.59. The second-order valence-electron chi connectivity index (χ2n) is 3.46. The topological polar surface area (TPSA) is 20.2 Å². The Morgan fingerprint density at radius 2 is 2.00 bits per heavy atom. The summed E-state index contributed by atoms with van der Waals surface area (Å²) in [5.74, 6) is 0.547. The lowest BCUT2D eigenvalue weighted by molar-refractivity contribution is 0.0875. The van der Waals surface area contributed by atoms with Crippen LogP contribution in [0.5, 0.6) is 0 Å². The fourth-order valence-corrected chi connectivity index (χ4v) is 1.25. The van der Waals surface area contributed by atoms with Crippen LogP contribution >= 0.6 is 0 Å². The fraction of sp³-hybridized carbons (Fsp3) is 0.778. The van der Waals surface area contributed by atoms with E-state index in [4.69, 9.17) is 0 Å². The minimum absolute atomic E-state index is 0.547. The first kappa shape index (κ1) is 9.70. The van der Waals surface area contributed by atoms with Crippen LogP contribution in [-0.4, -0.2) is 10.7 Å². The Balaban J connectivity index is 3.86. The van der Waals surface area contributed by atoms with E-state index < -0.39 is 5.60 Å². The molecule has 0 spiro atoms. The molecule has 0 saturated carbocycles. The van der Waals surface area contributed by atoms with E-state index in [0.717, 1.165) is 6.42 Å². The lowest BCUT2D eigenvalue weighted by Crippen LogP contribution is -2.22. The third-order valence-corrected chi connectivity index (χ3v) is 1.35. The van der Waals surface area contributed by atoms with Crippen LogP contribution < -0.4 is 0 Å². The third kappa shape index (κ3) is 4.57. The average molecular weight is 142 g/mol. The predicted octanol–water partition coefficient (Wildman–Crippen LogP) is 2.36. The normalized spacial score (nSPS) is 18.2. The largest absolute Gasteiger partial charge is 0.386 e. The minimum atomic E-state index is -0.608. The van der Waals surface area contributed by atoms with Crippen molar-refractivity contribution >= 4 is 0 Å². The molecule has 1 N–H and O–H groups in total. The molecule has 60 valence electrons. The van der Waals surface area contributed by atoms with Gasteiger partial charge in [-0.2, -0.15) is 0 Å². The molecule has 0 fully saturated rings. The Bertz CT molecular complexity index is 112. The molecule has 0 aliphatic rings. The molecule has 0 bridgehead atoms. The highest BCUT2D eigenvalue weighted by Crippen LogP contribution is 2.16. The summed E-state index contributed by atoms with van der Waals surface area (Å²) < 4.78 is 0. The van der Waals surface area contributed by atoms with Gasteiger partial charge in [-0.25, -0.2) is 0 Å². The van der Waals surface area contributed by atoms with Crippen LogP contribution in [0.25, 0.3) is 0 Å². The number of hydrogen-bond donors (Lipinski definition) is 1. The van der Waals surface area contributed by atoms with E-state index in [0.29, 0.717) is 5.92 Å². The lowest BCUT2D eigenvalue weighted by Gasteiger charge is -2.20. The Morgan fingerprint density at radius 3 is 2.30 bits per heavy atom. The molecule has 1 nitrogen and oxygen atoms in total. The monoisotopic (exact) mass is 142 g/mol. The Hall–Kier alpha value is -0.300. The highest BCUT2D eigenvalue weighted by Gasteiger charge is 2.16. The molecular formula is C9H18O. The standard InChI is InChI=1S/C9H18O/c1-5-6-9(4,10)7-8(2)3/h5-6,8,10H,7H2,1-4H3/b6-5-. The fourth-order valence-electron chi connectivity index (χ4n) is 1.25. The van der Waals surface area contributed by atoms with Gasteiger partial charge in [0.25, 0.3) is 0 Å². The Morgan fingerprint density at radius 1 is 1.50 bits per heavy atom. The van der Waals surface area contributed by atoms with E-state index in [2.05, 4.69) is 13.8 Å². The second-order valence-corrected chi connectivity index (χ2v) is 3.46. The molecule has 0 radical (unpaired) electrons. The van der Waals surface area contributed by atoms with E-state index in [9.17, 15) is 5.11 Å². The zero-order valence-corrected chi connectivity index (χ0v) is 7.39. The maximum Gasteiger partial charge on any atom is 0.0802 e. The van der Waals surface area contributed by atoms with Crippen molar-refractivity contribution in [1.82, 2.24) is 0 Å². The minimum Gasteiger partial charge on any atom is -0.386 e. The molecule has 1 heteroatoms. The first-order valence-electron chi connectivity index (χ1n) is 3.84. The van der Waals surface area contributed by atoms with Crippen LogP contribution in [0.2, 0.25) is 0 Å². The molecule has 0 aliphatic heterocycles. The maximum atomic E-state index is 9.60. The van der Waals surface area contributed by atoms with E-state index in [-0.39, 0.29) is 0 Å². The SMILES string of the molecule is C/C=C\C(C)(O)CC(C)C. The van der Waals surface area contributed by atoms with Crippen LogP contribution in [0.15, 0.2) is 12.2 Å². The zero-order chi connectivity index (χ0) is 8.20. The third-order valence-electron chi connectivity index (χ3n) is 1.35. The van der Waals surface area contributed by atoms with Crippen LogP contribution in [0, 0.1) is 5.92 Å². The number of hydrogen-bond acceptors (Lipinski definition) is 1. The van der Waals surface area contributed by atoms with Crippen LogP contribution in [-0.2, 0) is 0 Å². The van der Waals surface area contributed by atoms with Crippen molar-refractivity contribution < 1.29 is 5.11 Å². The molecule has 0 heterocycles.